The first-order chi connectivity index (χ1) is 16.2. The molecule has 1 aromatic heterocycles. The van der Waals surface area contributed by atoms with Crippen LogP contribution in [0.1, 0.15) is 33.0 Å². The third-order valence-electron chi connectivity index (χ3n) is 5.34. The average Bonchev–Trinajstić information content (AvgIpc) is 3.42. The maximum atomic E-state index is 13.3. The van der Waals surface area contributed by atoms with Crippen LogP contribution in [0.15, 0.2) is 48.5 Å². The van der Waals surface area contributed by atoms with Crippen LogP contribution in [0.25, 0.3) is 0 Å². The predicted molar refractivity (Wildman–Crippen MR) is 145 cm³/mol. The lowest BCUT2D eigenvalue weighted by molar-refractivity contribution is 0.102. The standard InChI is InChI=1S/C24H24ClN5O3S.CH4/c1-14-12-18(28-23(32)20-8-9-21(25)34-20)17(13-19(14)29(2)3)22(31)27-15-4-6-16(7-5-15)30-10-11-33-24(30)26;/h4-9,12-13,26H,10-11H2,1-3H3,(H,27,31)(H,28,32);1H4. The fourth-order valence-electron chi connectivity index (χ4n) is 3.67. The lowest BCUT2D eigenvalue weighted by Crippen LogP contribution is -2.24. The smallest absolute Gasteiger partial charge is 0.289 e. The van der Waals surface area contributed by atoms with Gasteiger partial charge in [-0.2, -0.15) is 0 Å². The Morgan fingerprint density at radius 2 is 1.80 bits per heavy atom. The summed E-state index contributed by atoms with van der Waals surface area (Å²) in [5.41, 5.74) is 3.94. The molecule has 4 rings (SSSR count). The van der Waals surface area contributed by atoms with Crippen molar-refractivity contribution in [3.8, 4) is 0 Å². The van der Waals surface area contributed by atoms with E-state index in [9.17, 15) is 9.59 Å². The van der Waals surface area contributed by atoms with Crippen LogP contribution in [0.2, 0.25) is 4.34 Å². The van der Waals surface area contributed by atoms with Crippen LogP contribution in [-0.2, 0) is 4.74 Å². The zero-order valence-electron chi connectivity index (χ0n) is 18.9. The molecule has 3 aromatic rings. The number of thiophene rings is 1. The van der Waals surface area contributed by atoms with Crippen LogP contribution in [0, 0.1) is 12.3 Å². The Morgan fingerprint density at radius 3 is 2.37 bits per heavy atom. The van der Waals surface area contributed by atoms with Gasteiger partial charge in [-0.25, -0.2) is 0 Å². The Hall–Kier alpha value is -3.56. The third kappa shape index (κ3) is 5.75. The maximum absolute atomic E-state index is 13.3. The van der Waals surface area contributed by atoms with E-state index in [1.54, 1.807) is 41.3 Å². The molecule has 2 amide bonds. The van der Waals surface area contributed by atoms with Crippen LogP contribution < -0.4 is 20.4 Å². The average molecular weight is 514 g/mol. The molecule has 2 heterocycles. The quantitative estimate of drug-likeness (QED) is 0.393. The predicted octanol–water partition coefficient (Wildman–Crippen LogP) is 5.69. The van der Waals surface area contributed by atoms with E-state index in [-0.39, 0.29) is 25.3 Å². The first kappa shape index (κ1) is 26.1. The summed E-state index contributed by atoms with van der Waals surface area (Å²) in [6.07, 6.45) is 0. The lowest BCUT2D eigenvalue weighted by Gasteiger charge is -2.20. The van der Waals surface area contributed by atoms with Gasteiger partial charge in [0.2, 0.25) is 0 Å². The molecule has 0 atom stereocenters. The first-order valence-electron chi connectivity index (χ1n) is 10.5. The molecule has 8 nitrogen and oxygen atoms in total. The number of nitrogens with zero attached hydrogens (tertiary/aromatic N) is 2. The van der Waals surface area contributed by atoms with Crippen molar-refractivity contribution in [3.63, 3.8) is 0 Å². The summed E-state index contributed by atoms with van der Waals surface area (Å²) in [6, 6.07) is 14.2. The Balaban J connectivity index is 0.00000342. The van der Waals surface area contributed by atoms with Gasteiger partial charge >= 0.3 is 0 Å². The zero-order chi connectivity index (χ0) is 24.4. The van der Waals surface area contributed by atoms with Gasteiger partial charge in [0, 0.05) is 31.2 Å². The number of amides is 2. The summed E-state index contributed by atoms with van der Waals surface area (Å²) < 4.78 is 5.70. The van der Waals surface area contributed by atoms with Gasteiger partial charge in [0.1, 0.15) is 6.61 Å². The first-order valence-corrected chi connectivity index (χ1v) is 11.7. The van der Waals surface area contributed by atoms with Crippen molar-refractivity contribution in [2.45, 2.75) is 14.4 Å². The Labute approximate surface area is 214 Å². The van der Waals surface area contributed by atoms with Gasteiger partial charge in [0.15, 0.2) is 0 Å². The molecule has 0 unspecified atom stereocenters. The molecule has 1 fully saturated rings. The normalized spacial score (nSPS) is 12.6. The van der Waals surface area contributed by atoms with E-state index in [0.29, 0.717) is 39.3 Å². The van der Waals surface area contributed by atoms with Crippen molar-refractivity contribution in [1.29, 1.82) is 5.41 Å². The number of halogens is 1. The Kier molecular flexibility index (Phi) is 8.03. The number of benzene rings is 2. The van der Waals surface area contributed by atoms with E-state index < -0.39 is 0 Å². The number of carbonyl (C=O) groups is 2. The summed E-state index contributed by atoms with van der Waals surface area (Å²) in [4.78, 5) is 30.1. The van der Waals surface area contributed by atoms with Crippen LogP contribution in [0.4, 0.5) is 22.7 Å². The highest BCUT2D eigenvalue weighted by atomic mass is 35.5. The molecule has 35 heavy (non-hydrogen) atoms. The summed E-state index contributed by atoms with van der Waals surface area (Å²) in [5, 5.41) is 13.6. The molecule has 1 aliphatic rings. The molecule has 1 aliphatic heterocycles. The minimum atomic E-state index is -0.354. The van der Waals surface area contributed by atoms with Crippen LogP contribution in [0.3, 0.4) is 0 Å². The highest BCUT2D eigenvalue weighted by Crippen LogP contribution is 2.30. The van der Waals surface area contributed by atoms with E-state index in [4.69, 9.17) is 21.7 Å². The molecule has 0 bridgehead atoms. The molecular formula is C25H28ClN5O3S. The molecule has 10 heteroatoms. The van der Waals surface area contributed by atoms with Gasteiger partial charge in [-0.15, -0.1) is 11.3 Å². The summed E-state index contributed by atoms with van der Waals surface area (Å²) in [5.74, 6) is -0.685. The molecule has 2 aromatic carbocycles. The van der Waals surface area contributed by atoms with E-state index in [1.165, 1.54) is 11.3 Å². The van der Waals surface area contributed by atoms with Gasteiger partial charge in [-0.05, 0) is 61.0 Å². The third-order valence-corrected chi connectivity index (χ3v) is 6.57. The second kappa shape index (κ2) is 10.8. The van der Waals surface area contributed by atoms with E-state index >= 15 is 0 Å². The number of nitrogens with one attached hydrogen (secondary N) is 3. The minimum absolute atomic E-state index is 0. The number of anilines is 4. The van der Waals surface area contributed by atoms with E-state index in [2.05, 4.69) is 10.6 Å². The Bertz CT molecular complexity index is 1260. The van der Waals surface area contributed by atoms with Gasteiger partial charge in [0.05, 0.1) is 27.0 Å². The summed E-state index contributed by atoms with van der Waals surface area (Å²) in [6.45, 7) is 3.01. The number of hydrogen-bond donors (Lipinski definition) is 3. The molecule has 1 saturated heterocycles. The SMILES string of the molecule is C.Cc1cc(NC(=O)c2ccc(Cl)s2)c(C(=O)Nc2ccc(N3CCOC3=N)cc2)cc1N(C)C. The summed E-state index contributed by atoms with van der Waals surface area (Å²) >= 11 is 7.14. The second-order valence-electron chi connectivity index (χ2n) is 7.94. The van der Waals surface area contributed by atoms with Crippen LogP contribution in [0.5, 0.6) is 0 Å². The molecular weight excluding hydrogens is 486 g/mol. The molecule has 184 valence electrons. The zero-order valence-corrected chi connectivity index (χ0v) is 20.5. The van der Waals surface area contributed by atoms with Crippen LogP contribution in [-0.4, -0.2) is 45.1 Å². The lowest BCUT2D eigenvalue weighted by atomic mass is 10.1. The second-order valence-corrected chi connectivity index (χ2v) is 9.66. The Morgan fingerprint density at radius 1 is 1.09 bits per heavy atom. The molecule has 0 spiro atoms. The van der Waals surface area contributed by atoms with Crippen LogP contribution >= 0.6 is 22.9 Å². The van der Waals surface area contributed by atoms with Gasteiger partial charge in [0.25, 0.3) is 17.8 Å². The highest BCUT2D eigenvalue weighted by molar-refractivity contribution is 7.18. The van der Waals surface area contributed by atoms with Gasteiger partial charge in [-0.3, -0.25) is 19.9 Å². The van der Waals surface area contributed by atoms with Crippen molar-refractivity contribution >= 4 is 63.5 Å². The number of rotatable bonds is 6. The van der Waals surface area contributed by atoms with Crippen molar-refractivity contribution in [2.24, 2.45) is 0 Å². The number of amidine groups is 1. The summed E-state index contributed by atoms with van der Waals surface area (Å²) in [7, 11) is 3.79. The highest BCUT2D eigenvalue weighted by Gasteiger charge is 2.21. The molecule has 0 aliphatic carbocycles. The number of carbonyl (C=O) groups excluding carboxylic acids is 2. The fraction of sp³-hybridized carbons (Fsp3) is 0.240. The number of hydrogen-bond acceptors (Lipinski definition) is 6. The van der Waals surface area contributed by atoms with Crippen molar-refractivity contribution in [1.82, 2.24) is 0 Å². The van der Waals surface area contributed by atoms with Crippen molar-refractivity contribution < 1.29 is 14.3 Å². The molecule has 0 radical (unpaired) electrons. The van der Waals surface area contributed by atoms with Crippen molar-refractivity contribution in [3.05, 3.63) is 68.9 Å². The monoisotopic (exact) mass is 513 g/mol. The maximum Gasteiger partial charge on any atom is 0.289 e. The van der Waals surface area contributed by atoms with E-state index in [1.807, 2.05) is 38.1 Å². The van der Waals surface area contributed by atoms with E-state index in [0.717, 1.165) is 16.9 Å². The van der Waals surface area contributed by atoms with Gasteiger partial charge < -0.3 is 20.3 Å². The topological polar surface area (TPSA) is 97.8 Å². The minimum Gasteiger partial charge on any atom is -0.463 e. The van der Waals surface area contributed by atoms with Crippen molar-refractivity contribution in [2.75, 3.05) is 47.7 Å². The molecule has 3 N–H and O–H groups in total. The largest absolute Gasteiger partial charge is 0.463 e. The number of aryl methyl sites for hydroxylation is 1. The molecule has 0 saturated carbocycles. The fourth-order valence-corrected chi connectivity index (χ4v) is 4.61. The number of ether oxygens (including phenoxy) is 1. The van der Waals surface area contributed by atoms with Gasteiger partial charge in [-0.1, -0.05) is 19.0 Å².